The first-order valence-electron chi connectivity index (χ1n) is 3.05. The number of ether oxygens (including phenoxy) is 1. The molecule has 0 saturated heterocycles. The fourth-order valence-corrected chi connectivity index (χ4v) is 0.402. The molecule has 0 aromatic heterocycles. The molecule has 0 aromatic carbocycles. The van der Waals surface area contributed by atoms with Gasteiger partial charge in [-0.15, -0.1) is 0 Å². The van der Waals surface area contributed by atoms with Crippen molar-refractivity contribution in [3.63, 3.8) is 0 Å². The van der Waals surface area contributed by atoms with Crippen molar-refractivity contribution in [1.82, 2.24) is 0 Å². The van der Waals surface area contributed by atoms with Crippen molar-refractivity contribution in [2.45, 2.75) is 19.8 Å². The number of carboxylic acids is 1. The summed E-state index contributed by atoms with van der Waals surface area (Å²) >= 11 is 0. The van der Waals surface area contributed by atoms with Crippen LogP contribution in [0.2, 0.25) is 0 Å². The fraction of sp³-hybridized carbons (Fsp3) is 0.833. The molecule has 0 N–H and O–H groups in total. The molecule has 0 aromatic rings. The Balaban J connectivity index is 2.83. The van der Waals surface area contributed by atoms with Gasteiger partial charge in [0.05, 0.1) is 6.61 Å². The zero-order valence-corrected chi connectivity index (χ0v) is 5.55. The van der Waals surface area contributed by atoms with Crippen LogP contribution in [0.3, 0.4) is 0 Å². The molecule has 0 atom stereocenters. The number of carbonyl (C=O) groups excluding carboxylic acids is 1. The molecule has 0 amide bonds. The Kier molecular flexibility index (Phi) is 5.21. The third kappa shape index (κ3) is 7.43. The minimum absolute atomic E-state index is 0. The largest absolute Gasteiger partial charge is 0.550 e. The summed E-state index contributed by atoms with van der Waals surface area (Å²) < 4.78 is 4.87. The van der Waals surface area contributed by atoms with Crippen LogP contribution in [0.1, 0.15) is 19.8 Å². The number of hydrogen-bond donors (Lipinski definition) is 0. The van der Waals surface area contributed by atoms with Crippen molar-refractivity contribution >= 4 is 5.97 Å². The second-order valence-corrected chi connectivity index (χ2v) is 1.73. The van der Waals surface area contributed by atoms with Crippen LogP contribution >= 0.6 is 0 Å². The molecule has 0 spiro atoms. The summed E-state index contributed by atoms with van der Waals surface area (Å²) in [5, 5.41) is 9.77. The molecule has 0 fully saturated rings. The van der Waals surface area contributed by atoms with Crippen LogP contribution in [0.5, 0.6) is 0 Å². The number of aliphatic carboxylic acids is 1. The van der Waals surface area contributed by atoms with Gasteiger partial charge >= 0.3 is 0 Å². The Morgan fingerprint density at radius 2 is 2.22 bits per heavy atom. The summed E-state index contributed by atoms with van der Waals surface area (Å²) in [5.41, 5.74) is 0. The van der Waals surface area contributed by atoms with Crippen LogP contribution in [-0.4, -0.2) is 19.2 Å². The first kappa shape index (κ1) is 8.43. The molecule has 0 saturated carbocycles. The van der Waals surface area contributed by atoms with Gasteiger partial charge in [0.1, 0.15) is 0 Å². The van der Waals surface area contributed by atoms with E-state index in [1.165, 1.54) is 0 Å². The van der Waals surface area contributed by atoms with E-state index < -0.39 is 5.97 Å². The van der Waals surface area contributed by atoms with Crippen LogP contribution < -0.4 is 5.11 Å². The normalized spacial score (nSPS) is 9.44. The van der Waals surface area contributed by atoms with Crippen molar-refractivity contribution in [1.29, 1.82) is 0 Å². The predicted octanol–water partition coefficient (Wildman–Crippen LogP) is -0.447. The van der Waals surface area contributed by atoms with Crippen molar-refractivity contribution in [2.75, 3.05) is 13.2 Å². The molecule has 0 radical (unpaired) electrons. The fourth-order valence-electron chi connectivity index (χ4n) is 0.402. The highest BCUT2D eigenvalue weighted by atomic mass is 16.5. The van der Waals surface area contributed by atoms with Crippen LogP contribution in [0.25, 0.3) is 0 Å². The standard InChI is InChI=1S/C6H12O3/c1-2-4-9-5-3-6(7)8/h2-5H2,1H3,(H,7,8)/p-1. The first-order chi connectivity index (χ1) is 4.27. The summed E-state index contributed by atoms with van der Waals surface area (Å²) in [4.78, 5) is 9.77. The van der Waals surface area contributed by atoms with Gasteiger partial charge in [-0.1, -0.05) is 6.92 Å². The van der Waals surface area contributed by atoms with Gasteiger partial charge in [-0.25, -0.2) is 0 Å². The third-order valence-corrected chi connectivity index (χ3v) is 0.799. The predicted molar refractivity (Wildman–Crippen MR) is 30.7 cm³/mol. The topological polar surface area (TPSA) is 49.4 Å². The Morgan fingerprint density at radius 1 is 1.56 bits per heavy atom. The maximum atomic E-state index is 9.77. The van der Waals surface area contributed by atoms with Crippen molar-refractivity contribution in [3.05, 3.63) is 0 Å². The number of hydrogen-bond acceptors (Lipinski definition) is 3. The van der Waals surface area contributed by atoms with Crippen LogP contribution in [0, 0.1) is 0 Å². The highest BCUT2D eigenvalue weighted by molar-refractivity contribution is 5.64. The van der Waals surface area contributed by atoms with Gasteiger partial charge in [0, 0.05) is 19.0 Å². The second kappa shape index (κ2) is 5.56. The lowest BCUT2D eigenvalue weighted by atomic mass is 10.5. The van der Waals surface area contributed by atoms with E-state index in [2.05, 4.69) is 0 Å². The average molecular weight is 131 g/mol. The second-order valence-electron chi connectivity index (χ2n) is 1.73. The van der Waals surface area contributed by atoms with Crippen molar-refractivity contribution in [2.24, 2.45) is 0 Å². The lowest BCUT2D eigenvalue weighted by molar-refractivity contribution is -0.306. The molecule has 0 aliphatic carbocycles. The Bertz CT molecular complexity index is 80.4. The summed E-state index contributed by atoms with van der Waals surface area (Å²) in [6.45, 7) is 2.88. The molecule has 0 heterocycles. The molecule has 0 rings (SSSR count). The monoisotopic (exact) mass is 131 g/mol. The van der Waals surface area contributed by atoms with Gasteiger partial charge < -0.3 is 14.6 Å². The lowest BCUT2D eigenvalue weighted by Gasteiger charge is -2.01. The van der Waals surface area contributed by atoms with Crippen molar-refractivity contribution < 1.29 is 14.6 Å². The van der Waals surface area contributed by atoms with Gasteiger partial charge in [0.15, 0.2) is 0 Å². The minimum atomic E-state index is -1.05. The van der Waals surface area contributed by atoms with Crippen molar-refractivity contribution in [3.8, 4) is 0 Å². The minimum Gasteiger partial charge on any atom is -0.550 e. The van der Waals surface area contributed by atoms with Gasteiger partial charge in [0.2, 0.25) is 0 Å². The molecule has 0 aliphatic heterocycles. The highest BCUT2D eigenvalue weighted by Crippen LogP contribution is 1.82. The molecular weight excluding hydrogens is 120 g/mol. The maximum Gasteiger partial charge on any atom is 0.0518 e. The van der Waals surface area contributed by atoms with Crippen LogP contribution in [-0.2, 0) is 9.53 Å². The zero-order valence-electron chi connectivity index (χ0n) is 5.55. The summed E-state index contributed by atoms with van der Waals surface area (Å²) in [6.07, 6.45) is 0.924. The number of carbonyl (C=O) groups is 1. The van der Waals surface area contributed by atoms with Crippen LogP contribution in [0.15, 0.2) is 0 Å². The molecule has 0 aliphatic rings. The van der Waals surface area contributed by atoms with E-state index >= 15 is 0 Å². The summed E-state index contributed by atoms with van der Waals surface area (Å²) in [5.74, 6) is -1.05. The highest BCUT2D eigenvalue weighted by Gasteiger charge is 1.85. The van der Waals surface area contributed by atoms with E-state index in [1.807, 2.05) is 6.92 Å². The van der Waals surface area contributed by atoms with Gasteiger partial charge in [-0.3, -0.25) is 0 Å². The molecule has 3 heteroatoms. The summed E-state index contributed by atoms with van der Waals surface area (Å²) in [6, 6.07) is 0. The zero-order chi connectivity index (χ0) is 7.11. The lowest BCUT2D eigenvalue weighted by Crippen LogP contribution is -2.23. The Hall–Kier alpha value is -0.570. The number of rotatable bonds is 5. The average Bonchev–Trinajstić information content (AvgIpc) is 1.80. The molecule has 54 valence electrons. The van der Waals surface area contributed by atoms with E-state index in [4.69, 9.17) is 4.74 Å². The summed E-state index contributed by atoms with van der Waals surface area (Å²) in [7, 11) is 0. The van der Waals surface area contributed by atoms with E-state index in [0.717, 1.165) is 6.42 Å². The Labute approximate surface area is 54.6 Å². The third-order valence-electron chi connectivity index (χ3n) is 0.799. The number of carboxylic acid groups (broad SMARTS) is 1. The van der Waals surface area contributed by atoms with Gasteiger partial charge in [-0.05, 0) is 6.42 Å². The van der Waals surface area contributed by atoms with E-state index in [9.17, 15) is 9.90 Å². The SMILES string of the molecule is CCCOCCC(=O)[O-]. The molecule has 0 bridgehead atoms. The van der Waals surface area contributed by atoms with Gasteiger partial charge in [0.25, 0.3) is 0 Å². The van der Waals surface area contributed by atoms with E-state index in [-0.39, 0.29) is 13.0 Å². The molecule has 0 unspecified atom stereocenters. The van der Waals surface area contributed by atoms with Crippen LogP contribution in [0.4, 0.5) is 0 Å². The van der Waals surface area contributed by atoms with E-state index in [0.29, 0.717) is 6.61 Å². The smallest absolute Gasteiger partial charge is 0.0518 e. The molecule has 3 nitrogen and oxygen atoms in total. The molecular formula is C6H11O3-. The van der Waals surface area contributed by atoms with E-state index in [1.54, 1.807) is 0 Å². The maximum absolute atomic E-state index is 9.77. The van der Waals surface area contributed by atoms with Gasteiger partial charge in [-0.2, -0.15) is 0 Å². The quantitative estimate of drug-likeness (QED) is 0.475. The first-order valence-corrected chi connectivity index (χ1v) is 3.05. The Morgan fingerprint density at radius 3 is 2.67 bits per heavy atom. The molecule has 9 heavy (non-hydrogen) atoms.